The zero-order chi connectivity index (χ0) is 15.7. The molecule has 0 spiro atoms. The molecule has 6 heteroatoms. The third kappa shape index (κ3) is 3.34. The van der Waals surface area contributed by atoms with Crippen molar-refractivity contribution < 1.29 is 13.2 Å². The molecule has 4 nitrogen and oxygen atoms in total. The van der Waals surface area contributed by atoms with Gasteiger partial charge >= 0.3 is 0 Å². The summed E-state index contributed by atoms with van der Waals surface area (Å²) in [6.07, 6.45) is 1.59. The van der Waals surface area contributed by atoms with Gasteiger partial charge in [-0.1, -0.05) is 12.1 Å². The number of rotatable bonds is 5. The Morgan fingerprint density at radius 3 is 2.86 bits per heavy atom. The Kier molecular flexibility index (Phi) is 4.25. The highest BCUT2D eigenvalue weighted by molar-refractivity contribution is 7.91. The molecule has 1 unspecified atom stereocenters. The van der Waals surface area contributed by atoms with Gasteiger partial charge in [0.1, 0.15) is 9.96 Å². The van der Waals surface area contributed by atoms with Crippen LogP contribution in [0.3, 0.4) is 0 Å². The molecule has 22 heavy (non-hydrogen) atoms. The highest BCUT2D eigenvalue weighted by Gasteiger charge is 2.20. The Labute approximate surface area is 135 Å². The molecule has 2 aromatic rings. The first-order chi connectivity index (χ1) is 10.4. The number of sulfonamides is 1. The Morgan fingerprint density at radius 2 is 2.14 bits per heavy atom. The van der Waals surface area contributed by atoms with Crippen molar-refractivity contribution in [1.82, 2.24) is 4.72 Å². The summed E-state index contributed by atoms with van der Waals surface area (Å²) in [6, 6.07) is 9.41. The van der Waals surface area contributed by atoms with E-state index in [0.717, 1.165) is 29.2 Å². The molecule has 2 heterocycles. The van der Waals surface area contributed by atoms with Crippen molar-refractivity contribution in [2.24, 2.45) is 0 Å². The van der Waals surface area contributed by atoms with Crippen LogP contribution in [-0.4, -0.2) is 21.1 Å². The molecule has 0 bridgehead atoms. The van der Waals surface area contributed by atoms with E-state index in [4.69, 9.17) is 4.74 Å². The second-order valence-corrected chi connectivity index (χ2v) is 8.86. The maximum Gasteiger partial charge on any atom is 0.250 e. The van der Waals surface area contributed by atoms with E-state index in [2.05, 4.69) is 10.8 Å². The van der Waals surface area contributed by atoms with Gasteiger partial charge in [-0.05, 0) is 49.6 Å². The molecule has 118 valence electrons. The van der Waals surface area contributed by atoms with Crippen molar-refractivity contribution in [2.45, 2.75) is 36.9 Å². The molecule has 1 N–H and O–H groups in total. The van der Waals surface area contributed by atoms with Gasteiger partial charge in [0.05, 0.1) is 6.61 Å². The quantitative estimate of drug-likeness (QED) is 0.913. The van der Waals surface area contributed by atoms with Crippen LogP contribution in [-0.2, 0) is 22.9 Å². The van der Waals surface area contributed by atoms with E-state index in [0.29, 0.717) is 10.6 Å². The lowest BCUT2D eigenvalue weighted by molar-refractivity contribution is 0.357. The van der Waals surface area contributed by atoms with Crippen LogP contribution in [0.1, 0.15) is 22.9 Å². The molecule has 1 aliphatic rings. The molecule has 0 amide bonds. The van der Waals surface area contributed by atoms with E-state index in [-0.39, 0.29) is 6.04 Å². The summed E-state index contributed by atoms with van der Waals surface area (Å²) < 4.78 is 33.2. The Balaban J connectivity index is 1.68. The largest absolute Gasteiger partial charge is 0.493 e. The molecule has 1 aromatic carbocycles. The minimum atomic E-state index is -3.43. The summed E-state index contributed by atoms with van der Waals surface area (Å²) in [5.41, 5.74) is 2.34. The molecule has 0 saturated heterocycles. The number of benzene rings is 1. The number of nitrogens with one attached hydrogen (secondary N) is 1. The first-order valence-electron chi connectivity index (χ1n) is 7.27. The van der Waals surface area contributed by atoms with E-state index >= 15 is 0 Å². The zero-order valence-corrected chi connectivity index (χ0v) is 14.3. The van der Waals surface area contributed by atoms with Crippen LogP contribution in [0.5, 0.6) is 5.75 Å². The highest BCUT2D eigenvalue weighted by atomic mass is 32.2. The molecule has 0 radical (unpaired) electrons. The van der Waals surface area contributed by atoms with Crippen molar-refractivity contribution >= 4 is 21.4 Å². The van der Waals surface area contributed by atoms with Gasteiger partial charge in [0, 0.05) is 17.3 Å². The monoisotopic (exact) mass is 337 g/mol. The fourth-order valence-electron chi connectivity index (χ4n) is 2.64. The van der Waals surface area contributed by atoms with Crippen molar-refractivity contribution in [3.05, 3.63) is 46.3 Å². The zero-order valence-electron chi connectivity index (χ0n) is 12.6. The summed E-state index contributed by atoms with van der Waals surface area (Å²) in [5, 5.41) is 0. The number of fused-ring (bicyclic) bond motifs is 1. The van der Waals surface area contributed by atoms with E-state index in [9.17, 15) is 8.42 Å². The molecular weight excluding hydrogens is 318 g/mol. The predicted octanol–water partition coefficient (Wildman–Crippen LogP) is 2.90. The van der Waals surface area contributed by atoms with E-state index in [1.807, 2.05) is 32.0 Å². The third-order valence-electron chi connectivity index (χ3n) is 3.63. The Morgan fingerprint density at radius 1 is 1.32 bits per heavy atom. The van der Waals surface area contributed by atoms with Gasteiger partial charge < -0.3 is 4.74 Å². The minimum absolute atomic E-state index is 0.159. The molecule has 0 saturated carbocycles. The number of hydrogen-bond acceptors (Lipinski definition) is 4. The normalized spacial score (nSPS) is 15.4. The first-order valence-corrected chi connectivity index (χ1v) is 9.57. The van der Waals surface area contributed by atoms with Crippen LogP contribution in [0.4, 0.5) is 0 Å². The molecule has 0 aliphatic carbocycles. The number of hydrogen-bond donors (Lipinski definition) is 1. The average Bonchev–Trinajstić information content (AvgIpc) is 3.06. The maximum atomic E-state index is 12.3. The molecule has 0 fully saturated rings. The van der Waals surface area contributed by atoms with Gasteiger partial charge in [-0.25, -0.2) is 13.1 Å². The molecule has 1 atom stereocenters. The number of thiophene rings is 1. The minimum Gasteiger partial charge on any atom is -0.493 e. The fraction of sp³-hybridized carbons (Fsp3) is 0.375. The average molecular weight is 337 g/mol. The van der Waals surface area contributed by atoms with Crippen molar-refractivity contribution in [3.63, 3.8) is 0 Å². The van der Waals surface area contributed by atoms with E-state index < -0.39 is 10.0 Å². The van der Waals surface area contributed by atoms with Crippen LogP contribution >= 0.6 is 11.3 Å². The van der Waals surface area contributed by atoms with Gasteiger partial charge in [0.15, 0.2) is 0 Å². The summed E-state index contributed by atoms with van der Waals surface area (Å²) in [4.78, 5) is 0.992. The number of ether oxygens (including phenoxy) is 1. The standard InChI is InChI=1S/C16H19NO3S2/c1-11(17-22(18,19)16-6-3-12(2)21-16)9-13-4-5-15-14(10-13)7-8-20-15/h3-6,10-11,17H,7-9H2,1-2H3. The smallest absolute Gasteiger partial charge is 0.250 e. The molecule has 1 aromatic heterocycles. The fourth-order valence-corrected chi connectivity index (χ4v) is 5.18. The highest BCUT2D eigenvalue weighted by Crippen LogP contribution is 2.26. The lowest BCUT2D eigenvalue weighted by Crippen LogP contribution is -2.33. The lowest BCUT2D eigenvalue weighted by Gasteiger charge is -2.14. The van der Waals surface area contributed by atoms with E-state index in [1.165, 1.54) is 16.9 Å². The summed E-state index contributed by atoms with van der Waals surface area (Å²) >= 11 is 1.29. The third-order valence-corrected chi connectivity index (χ3v) is 6.71. The Hall–Kier alpha value is -1.37. The van der Waals surface area contributed by atoms with Crippen LogP contribution in [0.15, 0.2) is 34.5 Å². The van der Waals surface area contributed by atoms with Gasteiger partial charge in [0.25, 0.3) is 0 Å². The van der Waals surface area contributed by atoms with Crippen molar-refractivity contribution in [1.29, 1.82) is 0 Å². The van der Waals surface area contributed by atoms with Crippen LogP contribution in [0.25, 0.3) is 0 Å². The summed E-state index contributed by atoms with van der Waals surface area (Å²) in [5.74, 6) is 0.950. The van der Waals surface area contributed by atoms with Crippen LogP contribution < -0.4 is 9.46 Å². The van der Waals surface area contributed by atoms with Gasteiger partial charge in [-0.2, -0.15) is 0 Å². The van der Waals surface area contributed by atoms with Gasteiger partial charge in [-0.3, -0.25) is 0 Å². The number of aryl methyl sites for hydroxylation is 1. The van der Waals surface area contributed by atoms with E-state index in [1.54, 1.807) is 6.07 Å². The Bertz CT molecular complexity index is 780. The lowest BCUT2D eigenvalue weighted by atomic mass is 10.0. The second-order valence-electron chi connectivity index (χ2n) is 5.63. The molecule has 1 aliphatic heterocycles. The van der Waals surface area contributed by atoms with Crippen LogP contribution in [0, 0.1) is 6.92 Å². The van der Waals surface area contributed by atoms with Gasteiger partial charge in [0.2, 0.25) is 10.0 Å². The topological polar surface area (TPSA) is 55.4 Å². The van der Waals surface area contributed by atoms with Gasteiger partial charge in [-0.15, -0.1) is 11.3 Å². The maximum absolute atomic E-state index is 12.3. The molecular formula is C16H19NO3S2. The first kappa shape index (κ1) is 15.5. The van der Waals surface area contributed by atoms with Crippen molar-refractivity contribution in [3.8, 4) is 5.75 Å². The molecule has 3 rings (SSSR count). The van der Waals surface area contributed by atoms with Crippen molar-refractivity contribution in [2.75, 3.05) is 6.61 Å². The second kappa shape index (κ2) is 6.02. The summed E-state index contributed by atoms with van der Waals surface area (Å²) in [7, 11) is -3.43. The predicted molar refractivity (Wildman–Crippen MR) is 88.2 cm³/mol. The van der Waals surface area contributed by atoms with Crippen LogP contribution in [0.2, 0.25) is 0 Å². The SMILES string of the molecule is Cc1ccc(S(=O)(=O)NC(C)Cc2ccc3c(c2)CCO3)s1. The summed E-state index contributed by atoms with van der Waals surface area (Å²) in [6.45, 7) is 4.53.